The summed E-state index contributed by atoms with van der Waals surface area (Å²) in [6.45, 7) is 1.10. The maximum Gasteiger partial charge on any atom is 0.229 e. The molecule has 0 radical (unpaired) electrons. The van der Waals surface area contributed by atoms with Gasteiger partial charge in [0.25, 0.3) is 0 Å². The number of benzene rings is 2. The molecule has 29 heavy (non-hydrogen) atoms. The van der Waals surface area contributed by atoms with Crippen molar-refractivity contribution in [3.8, 4) is 0 Å². The van der Waals surface area contributed by atoms with Gasteiger partial charge in [-0.1, -0.05) is 28.1 Å². The zero-order chi connectivity index (χ0) is 20.0. The van der Waals surface area contributed by atoms with E-state index in [1.807, 2.05) is 30.3 Å². The van der Waals surface area contributed by atoms with Gasteiger partial charge in [0.15, 0.2) is 5.65 Å². The molecule has 4 aromatic rings. The van der Waals surface area contributed by atoms with Crippen LogP contribution in [0.4, 0.5) is 0 Å². The first-order valence-electron chi connectivity index (χ1n) is 9.79. The van der Waals surface area contributed by atoms with Crippen molar-refractivity contribution in [3.63, 3.8) is 0 Å². The topological polar surface area (TPSA) is 68.1 Å². The SMILES string of the molecule is O=C1CCCC(=O)N1CCCn1c2ccc(Br)cc2c2nc3ccccc3nc21. The molecule has 7 heteroatoms. The molecule has 0 saturated carbocycles. The number of fused-ring (bicyclic) bond motifs is 4. The van der Waals surface area contributed by atoms with Gasteiger partial charge >= 0.3 is 0 Å². The van der Waals surface area contributed by atoms with Crippen LogP contribution < -0.4 is 0 Å². The lowest BCUT2D eigenvalue weighted by molar-refractivity contribution is -0.148. The highest BCUT2D eigenvalue weighted by molar-refractivity contribution is 9.10. The summed E-state index contributed by atoms with van der Waals surface area (Å²) >= 11 is 3.56. The molecule has 0 unspecified atom stereocenters. The van der Waals surface area contributed by atoms with Crippen molar-refractivity contribution in [1.29, 1.82) is 0 Å². The number of likely N-dealkylation sites (tertiary alicyclic amines) is 1. The van der Waals surface area contributed by atoms with E-state index < -0.39 is 0 Å². The summed E-state index contributed by atoms with van der Waals surface area (Å²) < 4.78 is 3.14. The van der Waals surface area contributed by atoms with Gasteiger partial charge in [-0.3, -0.25) is 14.5 Å². The zero-order valence-corrected chi connectivity index (χ0v) is 17.4. The lowest BCUT2D eigenvalue weighted by Gasteiger charge is -2.24. The minimum Gasteiger partial charge on any atom is -0.324 e. The first kappa shape index (κ1) is 18.2. The van der Waals surface area contributed by atoms with Gasteiger partial charge in [-0.15, -0.1) is 0 Å². The summed E-state index contributed by atoms with van der Waals surface area (Å²) in [6.07, 6.45) is 2.28. The number of carbonyl (C=O) groups excluding carboxylic acids is 2. The Morgan fingerprint density at radius 1 is 0.931 bits per heavy atom. The molecule has 1 aliphatic rings. The highest BCUT2D eigenvalue weighted by Gasteiger charge is 2.25. The van der Waals surface area contributed by atoms with Gasteiger partial charge in [0, 0.05) is 35.8 Å². The number of imide groups is 1. The maximum absolute atomic E-state index is 12.1. The Bertz CT molecular complexity index is 1260. The molecule has 1 saturated heterocycles. The molecule has 2 aromatic heterocycles. The second kappa shape index (κ2) is 7.22. The second-order valence-electron chi connectivity index (χ2n) is 7.34. The van der Waals surface area contributed by atoms with Crippen LogP contribution in [0.2, 0.25) is 0 Å². The van der Waals surface area contributed by atoms with Crippen LogP contribution in [0.15, 0.2) is 46.9 Å². The van der Waals surface area contributed by atoms with Crippen LogP contribution in [0.25, 0.3) is 33.1 Å². The highest BCUT2D eigenvalue weighted by atomic mass is 79.9. The Kier molecular flexibility index (Phi) is 4.54. The molecule has 0 spiro atoms. The van der Waals surface area contributed by atoms with Crippen LogP contribution in [-0.4, -0.2) is 37.8 Å². The van der Waals surface area contributed by atoms with Crippen molar-refractivity contribution >= 4 is 60.8 Å². The number of piperidine rings is 1. The Hall–Kier alpha value is -2.80. The monoisotopic (exact) mass is 450 g/mol. The number of hydrogen-bond acceptors (Lipinski definition) is 4. The van der Waals surface area contributed by atoms with Gasteiger partial charge in [-0.2, -0.15) is 0 Å². The average molecular weight is 451 g/mol. The van der Waals surface area contributed by atoms with E-state index in [0.29, 0.717) is 38.8 Å². The van der Waals surface area contributed by atoms with Crippen LogP contribution >= 0.6 is 15.9 Å². The van der Waals surface area contributed by atoms with Gasteiger partial charge in [-0.05, 0) is 43.2 Å². The van der Waals surface area contributed by atoms with Gasteiger partial charge in [0.05, 0.1) is 16.6 Å². The lowest BCUT2D eigenvalue weighted by atomic mass is 10.1. The summed E-state index contributed by atoms with van der Waals surface area (Å²) in [5, 5.41) is 1.04. The first-order valence-corrected chi connectivity index (χ1v) is 10.6. The molecule has 0 bridgehead atoms. The molecule has 0 N–H and O–H groups in total. The Morgan fingerprint density at radius 2 is 1.66 bits per heavy atom. The predicted octanol–water partition coefficient (Wildman–Crippen LogP) is 4.43. The quantitative estimate of drug-likeness (QED) is 0.431. The number of aryl methyl sites for hydroxylation is 1. The Balaban J connectivity index is 1.55. The molecule has 146 valence electrons. The number of nitrogens with zero attached hydrogens (tertiary/aromatic N) is 4. The van der Waals surface area contributed by atoms with Crippen molar-refractivity contribution in [1.82, 2.24) is 19.4 Å². The number of carbonyl (C=O) groups is 2. The van der Waals surface area contributed by atoms with Crippen LogP contribution in [0.3, 0.4) is 0 Å². The number of halogens is 1. The third-order valence-corrected chi connectivity index (χ3v) is 5.95. The van der Waals surface area contributed by atoms with Gasteiger partial charge in [0.1, 0.15) is 5.52 Å². The third-order valence-electron chi connectivity index (χ3n) is 5.46. The standard InChI is InChI=1S/C22H19BrN4O2/c23-14-9-10-18-15(13-14)21-22(25-17-6-2-1-5-16(17)24-21)26(18)11-4-12-27-19(28)7-3-8-20(27)29/h1-2,5-6,9-10,13H,3-4,7-8,11-12H2. The summed E-state index contributed by atoms with van der Waals surface area (Å²) in [5.74, 6) is -0.114. The van der Waals surface area contributed by atoms with Crippen LogP contribution in [0.1, 0.15) is 25.7 Å². The Morgan fingerprint density at radius 3 is 2.41 bits per heavy atom. The molecule has 3 heterocycles. The van der Waals surface area contributed by atoms with Crippen LogP contribution in [0, 0.1) is 0 Å². The molecule has 0 atom stereocenters. The first-order chi connectivity index (χ1) is 14.1. The van der Waals surface area contributed by atoms with Crippen molar-refractivity contribution < 1.29 is 9.59 Å². The van der Waals surface area contributed by atoms with Crippen molar-refractivity contribution in [2.45, 2.75) is 32.2 Å². The van der Waals surface area contributed by atoms with E-state index in [-0.39, 0.29) is 11.8 Å². The van der Waals surface area contributed by atoms with Crippen molar-refractivity contribution in [2.24, 2.45) is 0 Å². The minimum absolute atomic E-state index is 0.0572. The van der Waals surface area contributed by atoms with E-state index in [2.05, 4.69) is 32.6 Å². The summed E-state index contributed by atoms with van der Waals surface area (Å²) in [7, 11) is 0. The molecular weight excluding hydrogens is 432 g/mol. The third kappa shape index (κ3) is 3.19. The number of para-hydroxylation sites is 2. The van der Waals surface area contributed by atoms with Crippen LogP contribution in [-0.2, 0) is 16.1 Å². The van der Waals surface area contributed by atoms with Crippen molar-refractivity contribution in [2.75, 3.05) is 6.54 Å². The molecule has 1 fully saturated rings. The summed E-state index contributed by atoms with van der Waals surface area (Å²) in [6, 6.07) is 14.0. The smallest absolute Gasteiger partial charge is 0.229 e. The van der Waals surface area contributed by atoms with E-state index in [1.165, 1.54) is 4.90 Å². The lowest BCUT2D eigenvalue weighted by Crippen LogP contribution is -2.40. The zero-order valence-electron chi connectivity index (χ0n) is 15.8. The van der Waals surface area contributed by atoms with Gasteiger partial charge in [0.2, 0.25) is 11.8 Å². The van der Waals surface area contributed by atoms with Crippen molar-refractivity contribution in [3.05, 3.63) is 46.9 Å². The fraction of sp³-hybridized carbons (Fsp3) is 0.273. The van der Waals surface area contributed by atoms with E-state index in [4.69, 9.17) is 9.97 Å². The Labute approximate surface area is 175 Å². The normalized spacial score (nSPS) is 15.1. The molecule has 6 nitrogen and oxygen atoms in total. The summed E-state index contributed by atoms with van der Waals surface area (Å²) in [4.78, 5) is 35.3. The molecule has 2 amide bonds. The molecule has 5 rings (SSSR count). The highest BCUT2D eigenvalue weighted by Crippen LogP contribution is 2.30. The average Bonchev–Trinajstić information content (AvgIpc) is 3.00. The van der Waals surface area contributed by atoms with E-state index in [1.54, 1.807) is 0 Å². The van der Waals surface area contributed by atoms with E-state index in [0.717, 1.165) is 37.6 Å². The second-order valence-corrected chi connectivity index (χ2v) is 8.26. The molecule has 0 aliphatic carbocycles. The fourth-order valence-corrected chi connectivity index (χ4v) is 4.43. The molecule has 1 aliphatic heterocycles. The van der Waals surface area contributed by atoms with Gasteiger partial charge in [-0.25, -0.2) is 9.97 Å². The maximum atomic E-state index is 12.1. The largest absolute Gasteiger partial charge is 0.324 e. The van der Waals surface area contributed by atoms with Gasteiger partial charge < -0.3 is 4.57 Å². The minimum atomic E-state index is -0.0572. The summed E-state index contributed by atoms with van der Waals surface area (Å²) in [5.41, 5.74) is 4.46. The number of amides is 2. The number of aromatic nitrogens is 3. The predicted molar refractivity (Wildman–Crippen MR) is 115 cm³/mol. The van der Waals surface area contributed by atoms with E-state index >= 15 is 0 Å². The molecular formula is C22H19BrN4O2. The number of rotatable bonds is 4. The fourth-order valence-electron chi connectivity index (χ4n) is 4.07. The number of hydrogen-bond donors (Lipinski definition) is 0. The van der Waals surface area contributed by atoms with Crippen LogP contribution in [0.5, 0.6) is 0 Å². The molecule has 2 aromatic carbocycles. The van der Waals surface area contributed by atoms with E-state index in [9.17, 15) is 9.59 Å².